The average molecular weight is 490 g/mol. The fourth-order valence-corrected chi connectivity index (χ4v) is 6.20. The predicted octanol–water partition coefficient (Wildman–Crippen LogP) is 8.62. The lowest BCUT2D eigenvalue weighted by molar-refractivity contribution is -0.659. The molecular formula is C34H37N2O+. The van der Waals surface area contributed by atoms with Gasteiger partial charge in [0.25, 0.3) is 0 Å². The Morgan fingerprint density at radius 1 is 0.838 bits per heavy atom. The van der Waals surface area contributed by atoms with E-state index in [0.29, 0.717) is 0 Å². The van der Waals surface area contributed by atoms with Crippen molar-refractivity contribution in [2.75, 3.05) is 0 Å². The first-order chi connectivity index (χ1) is 17.4. The number of nitrogens with zero attached hydrogens (tertiary/aromatic N) is 2. The number of aromatic nitrogens is 2. The number of pyridine rings is 2. The van der Waals surface area contributed by atoms with Gasteiger partial charge in [0.1, 0.15) is 18.5 Å². The molecule has 0 spiro atoms. The Morgan fingerprint density at radius 3 is 2.32 bits per heavy atom. The Bertz CT molecular complexity index is 1730. The van der Waals surface area contributed by atoms with Gasteiger partial charge in [0, 0.05) is 34.8 Å². The summed E-state index contributed by atoms with van der Waals surface area (Å²) >= 11 is 0. The molecule has 3 heteroatoms. The monoisotopic (exact) mass is 489 g/mol. The van der Waals surface area contributed by atoms with E-state index in [-0.39, 0.29) is 10.8 Å². The molecule has 0 aliphatic carbocycles. The summed E-state index contributed by atoms with van der Waals surface area (Å²) in [6, 6.07) is 13.5. The molecule has 0 unspecified atom stereocenters. The standard InChI is InChI=1S/C34H37N2O/c1-20-22-12-14-35-19-27(22)26(18-34(5,6)7)32-29(20)31-30-24(13-15-36(31)8)23-11-9-10-21(17-33(2,3)4)25(23)16-28(30)37-32/h9-16,19H,17-18H2,1-8H3/q+1. The van der Waals surface area contributed by atoms with Gasteiger partial charge in [0.15, 0.2) is 6.20 Å². The van der Waals surface area contributed by atoms with Crippen LogP contribution in [0.25, 0.3) is 43.6 Å². The van der Waals surface area contributed by atoms with Crippen LogP contribution in [0.2, 0.25) is 0 Å². The smallest absolute Gasteiger partial charge is 0.228 e. The Hall–Kier alpha value is -3.46. The zero-order chi connectivity index (χ0) is 26.3. The van der Waals surface area contributed by atoms with Crippen molar-refractivity contribution in [1.29, 1.82) is 0 Å². The van der Waals surface area contributed by atoms with E-state index in [1.165, 1.54) is 60.3 Å². The maximum atomic E-state index is 7.02. The molecule has 0 saturated carbocycles. The van der Waals surface area contributed by atoms with Crippen molar-refractivity contribution in [2.45, 2.75) is 61.3 Å². The topological polar surface area (TPSA) is 26.0 Å². The largest absolute Gasteiger partial charge is 0.455 e. The molecule has 3 nitrogen and oxygen atoms in total. The van der Waals surface area contributed by atoms with E-state index in [2.05, 4.69) is 108 Å². The van der Waals surface area contributed by atoms with Crippen molar-refractivity contribution in [2.24, 2.45) is 17.9 Å². The van der Waals surface area contributed by atoms with Crippen molar-refractivity contribution >= 4 is 32.3 Å². The third-order valence-electron chi connectivity index (χ3n) is 7.64. The minimum Gasteiger partial charge on any atom is -0.455 e. The molecule has 6 rings (SSSR count). The second-order valence-electron chi connectivity index (χ2n) is 13.3. The molecule has 0 radical (unpaired) electrons. The van der Waals surface area contributed by atoms with Crippen LogP contribution in [-0.2, 0) is 19.9 Å². The molecule has 5 aromatic rings. The molecule has 0 atom stereocenters. The maximum Gasteiger partial charge on any atom is 0.228 e. The zero-order valence-corrected chi connectivity index (χ0v) is 23.4. The van der Waals surface area contributed by atoms with Crippen LogP contribution in [0.15, 0.2) is 55.0 Å². The summed E-state index contributed by atoms with van der Waals surface area (Å²) < 4.78 is 9.30. The molecule has 188 valence electrons. The highest BCUT2D eigenvalue weighted by molar-refractivity contribution is 6.16. The van der Waals surface area contributed by atoms with Gasteiger partial charge in [-0.1, -0.05) is 59.7 Å². The first kappa shape index (κ1) is 23.9. The fourth-order valence-electron chi connectivity index (χ4n) is 6.20. The average Bonchev–Trinajstić information content (AvgIpc) is 2.82. The third-order valence-corrected chi connectivity index (χ3v) is 7.64. The van der Waals surface area contributed by atoms with Crippen LogP contribution in [0.4, 0.5) is 0 Å². The van der Waals surface area contributed by atoms with Crippen LogP contribution >= 0.6 is 0 Å². The van der Waals surface area contributed by atoms with E-state index in [0.717, 1.165) is 24.3 Å². The van der Waals surface area contributed by atoms with Gasteiger partial charge in [-0.25, -0.2) is 4.57 Å². The Kier molecular flexibility index (Phi) is 5.18. The Morgan fingerprint density at radius 2 is 1.59 bits per heavy atom. The number of hydrogen-bond acceptors (Lipinski definition) is 2. The molecule has 0 saturated heterocycles. The quantitative estimate of drug-likeness (QED) is 0.180. The molecule has 3 aromatic carbocycles. The number of ether oxygens (including phenoxy) is 1. The van der Waals surface area contributed by atoms with Crippen molar-refractivity contribution < 1.29 is 9.30 Å². The van der Waals surface area contributed by atoms with Gasteiger partial charge in [-0.2, -0.15) is 0 Å². The molecule has 37 heavy (non-hydrogen) atoms. The van der Waals surface area contributed by atoms with Crippen LogP contribution in [0, 0.1) is 17.8 Å². The van der Waals surface area contributed by atoms with E-state index < -0.39 is 0 Å². The molecule has 0 fully saturated rings. The van der Waals surface area contributed by atoms with E-state index in [9.17, 15) is 0 Å². The lowest BCUT2D eigenvalue weighted by Gasteiger charge is -2.28. The fraction of sp³-hybridized carbons (Fsp3) is 0.353. The predicted molar refractivity (Wildman–Crippen MR) is 154 cm³/mol. The van der Waals surface area contributed by atoms with Crippen LogP contribution in [0.3, 0.4) is 0 Å². The van der Waals surface area contributed by atoms with Gasteiger partial charge in [-0.15, -0.1) is 0 Å². The molecule has 3 heterocycles. The van der Waals surface area contributed by atoms with E-state index in [1.54, 1.807) is 0 Å². The normalized spacial score (nSPS) is 13.3. The van der Waals surface area contributed by atoms with Gasteiger partial charge in [-0.05, 0) is 70.0 Å². The van der Waals surface area contributed by atoms with Crippen molar-refractivity contribution in [1.82, 2.24) is 4.98 Å². The minimum absolute atomic E-state index is 0.104. The number of benzene rings is 3. The molecule has 0 N–H and O–H groups in total. The van der Waals surface area contributed by atoms with Gasteiger partial charge >= 0.3 is 0 Å². The van der Waals surface area contributed by atoms with Gasteiger partial charge in [0.05, 0.1) is 10.9 Å². The number of fused-ring (bicyclic) bond motifs is 5. The van der Waals surface area contributed by atoms with Crippen LogP contribution in [0.5, 0.6) is 11.5 Å². The van der Waals surface area contributed by atoms with Crippen molar-refractivity contribution in [3.8, 4) is 22.8 Å². The molecule has 1 aliphatic heterocycles. The number of aryl methyl sites for hydroxylation is 2. The highest BCUT2D eigenvalue weighted by Gasteiger charge is 2.34. The van der Waals surface area contributed by atoms with Crippen LogP contribution < -0.4 is 9.30 Å². The molecular weight excluding hydrogens is 452 g/mol. The molecule has 0 amide bonds. The van der Waals surface area contributed by atoms with Gasteiger partial charge in [0.2, 0.25) is 5.69 Å². The SMILES string of the molecule is Cc1c2c(c(CC(C)(C)C)c3cnccc13)Oc1cc3c(CC(C)(C)C)cccc3c3cc[n+](C)c-2c13. The first-order valence-electron chi connectivity index (χ1n) is 13.4. The maximum absolute atomic E-state index is 7.02. The summed E-state index contributed by atoms with van der Waals surface area (Å²) in [5, 5.41) is 7.50. The Labute approximate surface area is 220 Å². The summed E-state index contributed by atoms with van der Waals surface area (Å²) in [6.45, 7) is 16.0. The van der Waals surface area contributed by atoms with Gasteiger partial charge < -0.3 is 4.74 Å². The van der Waals surface area contributed by atoms with E-state index in [4.69, 9.17) is 4.74 Å². The molecule has 2 aromatic heterocycles. The molecule has 1 aliphatic rings. The zero-order valence-electron chi connectivity index (χ0n) is 23.4. The summed E-state index contributed by atoms with van der Waals surface area (Å²) in [5.74, 6) is 1.96. The number of rotatable bonds is 2. The van der Waals surface area contributed by atoms with E-state index >= 15 is 0 Å². The number of hydrogen-bond donors (Lipinski definition) is 0. The second kappa shape index (κ2) is 8.02. The lowest BCUT2D eigenvalue weighted by atomic mass is 9.81. The van der Waals surface area contributed by atoms with Crippen molar-refractivity contribution in [3.05, 3.63) is 71.7 Å². The van der Waals surface area contributed by atoms with Crippen molar-refractivity contribution in [3.63, 3.8) is 0 Å². The minimum atomic E-state index is 0.104. The summed E-state index contributed by atoms with van der Waals surface area (Å²) in [4.78, 5) is 4.52. The van der Waals surface area contributed by atoms with Crippen LogP contribution in [0.1, 0.15) is 58.2 Å². The third kappa shape index (κ3) is 3.87. The van der Waals surface area contributed by atoms with Gasteiger partial charge in [-0.3, -0.25) is 4.98 Å². The van der Waals surface area contributed by atoms with E-state index in [1.807, 2.05) is 12.4 Å². The second-order valence-corrected chi connectivity index (χ2v) is 13.3. The van der Waals surface area contributed by atoms with Crippen LogP contribution in [-0.4, -0.2) is 4.98 Å². The highest BCUT2D eigenvalue weighted by Crippen LogP contribution is 2.52. The first-order valence-corrected chi connectivity index (χ1v) is 13.4. The highest BCUT2D eigenvalue weighted by atomic mass is 16.5. The summed E-state index contributed by atoms with van der Waals surface area (Å²) in [6.07, 6.45) is 8.07. The molecule has 0 bridgehead atoms. The summed E-state index contributed by atoms with van der Waals surface area (Å²) in [5.41, 5.74) is 6.63. The summed E-state index contributed by atoms with van der Waals surface area (Å²) in [7, 11) is 2.16. The lowest BCUT2D eigenvalue weighted by Crippen LogP contribution is -2.32. The Balaban J connectivity index is 1.76.